The number of amides is 1. The van der Waals surface area contributed by atoms with E-state index in [0.717, 1.165) is 0 Å². The van der Waals surface area contributed by atoms with E-state index in [0.29, 0.717) is 0 Å². The molecule has 1 heterocycles. The zero-order valence-electron chi connectivity index (χ0n) is 5.41. The van der Waals surface area contributed by atoms with Crippen molar-refractivity contribution in [2.24, 2.45) is 0 Å². The van der Waals surface area contributed by atoms with Gasteiger partial charge in [0.2, 0.25) is 5.91 Å². The van der Waals surface area contributed by atoms with E-state index in [1.54, 1.807) is 0 Å². The highest BCUT2D eigenvalue weighted by molar-refractivity contribution is 8.24. The van der Waals surface area contributed by atoms with Gasteiger partial charge in [-0.25, -0.2) is 0 Å². The van der Waals surface area contributed by atoms with Crippen LogP contribution >= 0.6 is 10.6 Å². The Bertz CT molecular complexity index is 148. The van der Waals surface area contributed by atoms with Crippen LogP contribution in [0.5, 0.6) is 0 Å². The minimum atomic E-state index is -2.49. The Kier molecular flexibility index (Phi) is 2.18. The van der Waals surface area contributed by atoms with Gasteiger partial charge in [0.05, 0.1) is 12.3 Å². The molecular weight excluding hydrogens is 154 g/mol. The summed E-state index contributed by atoms with van der Waals surface area (Å²) in [4.78, 5) is 10.6. The summed E-state index contributed by atoms with van der Waals surface area (Å²) in [6.07, 6.45) is 0.207. The molecule has 1 rings (SSSR count). The predicted octanol–water partition coefficient (Wildman–Crippen LogP) is 0.419. The third-order valence-electron chi connectivity index (χ3n) is 1.27. The smallest absolute Gasteiger partial charge is 0.221 e. The average molecular weight is 164 g/mol. The lowest BCUT2D eigenvalue weighted by Crippen LogP contribution is -2.18. The van der Waals surface area contributed by atoms with E-state index in [-0.39, 0.29) is 23.8 Å². The molecule has 10 heavy (non-hydrogen) atoms. The van der Waals surface area contributed by atoms with Crippen LogP contribution in [0.25, 0.3) is 0 Å². The number of carbonyl (C=O) groups is 1. The number of hydrogen-bond donors (Lipinski definition) is 3. The van der Waals surface area contributed by atoms with Crippen molar-refractivity contribution in [1.29, 1.82) is 0 Å². The van der Waals surface area contributed by atoms with Crippen LogP contribution in [-0.4, -0.2) is 26.5 Å². The van der Waals surface area contributed by atoms with E-state index in [9.17, 15) is 4.79 Å². The lowest BCUT2D eigenvalue weighted by atomic mass is 10.4. The van der Waals surface area contributed by atoms with Crippen LogP contribution in [0.4, 0.5) is 0 Å². The quantitative estimate of drug-likeness (QED) is 0.486. The first kappa shape index (κ1) is 7.84. The molecule has 59 valence electrons. The van der Waals surface area contributed by atoms with Gasteiger partial charge in [0, 0.05) is 12.2 Å². The second kappa shape index (κ2) is 2.77. The maximum absolute atomic E-state index is 10.6. The van der Waals surface area contributed by atoms with Crippen molar-refractivity contribution in [2.75, 3.05) is 11.5 Å². The second-order valence-electron chi connectivity index (χ2n) is 2.19. The molecule has 1 aliphatic rings. The molecule has 0 unspecified atom stereocenters. The first-order valence-electron chi connectivity index (χ1n) is 2.95. The predicted molar refractivity (Wildman–Crippen MR) is 39.6 cm³/mol. The Morgan fingerprint density at radius 2 is 2.30 bits per heavy atom. The fourth-order valence-corrected chi connectivity index (χ4v) is 1.73. The molecule has 5 heteroatoms. The Morgan fingerprint density at radius 3 is 3.00 bits per heavy atom. The maximum Gasteiger partial charge on any atom is 0.221 e. The van der Waals surface area contributed by atoms with E-state index < -0.39 is 10.6 Å². The Morgan fingerprint density at radius 1 is 1.60 bits per heavy atom. The molecule has 1 radical (unpaired) electrons. The summed E-state index contributed by atoms with van der Waals surface area (Å²) in [6, 6.07) is 0. The first-order valence-corrected chi connectivity index (χ1v) is 4.83. The number of hydrogen-bond acceptors (Lipinski definition) is 3. The Hall–Kier alpha value is -0.260. The molecule has 0 aromatic carbocycles. The Labute approximate surface area is 61.0 Å². The van der Waals surface area contributed by atoms with Gasteiger partial charge in [0.1, 0.15) is 0 Å². The van der Waals surface area contributed by atoms with Crippen molar-refractivity contribution < 1.29 is 13.9 Å². The van der Waals surface area contributed by atoms with Gasteiger partial charge in [0.25, 0.3) is 0 Å². The van der Waals surface area contributed by atoms with Gasteiger partial charge in [0.15, 0.2) is 0 Å². The second-order valence-corrected chi connectivity index (χ2v) is 4.54. The average Bonchev–Trinajstić information content (AvgIpc) is 1.94. The standard InChI is InChI=1S/C5H10NO3S/c7-5-1-3-10(8,9)4-2-6-5/h2,8-9H,1,3-4H2,(H,6,7). The third-order valence-corrected chi connectivity index (χ3v) is 2.83. The van der Waals surface area contributed by atoms with Crippen LogP contribution in [0.15, 0.2) is 0 Å². The van der Waals surface area contributed by atoms with Crippen LogP contribution in [0, 0.1) is 6.54 Å². The third kappa shape index (κ3) is 2.17. The van der Waals surface area contributed by atoms with Crippen molar-refractivity contribution in [1.82, 2.24) is 5.32 Å². The maximum atomic E-state index is 10.6. The molecule has 1 aliphatic heterocycles. The van der Waals surface area contributed by atoms with Gasteiger partial charge in [-0.1, -0.05) is 0 Å². The summed E-state index contributed by atoms with van der Waals surface area (Å²) in [5.74, 6) is 0.228. The molecule has 4 nitrogen and oxygen atoms in total. The van der Waals surface area contributed by atoms with E-state index in [1.807, 2.05) is 0 Å². The molecule has 1 fully saturated rings. The van der Waals surface area contributed by atoms with Gasteiger partial charge in [-0.3, -0.25) is 13.9 Å². The van der Waals surface area contributed by atoms with Crippen LogP contribution in [0.1, 0.15) is 6.42 Å². The van der Waals surface area contributed by atoms with Crippen molar-refractivity contribution in [2.45, 2.75) is 6.42 Å². The first-order chi connectivity index (χ1) is 4.60. The zero-order valence-corrected chi connectivity index (χ0v) is 6.23. The fourth-order valence-electron chi connectivity index (χ4n) is 0.701. The highest BCUT2D eigenvalue weighted by Crippen LogP contribution is 2.39. The molecule has 3 N–H and O–H groups in total. The lowest BCUT2D eigenvalue weighted by molar-refractivity contribution is -0.120. The van der Waals surface area contributed by atoms with Gasteiger partial charge in [-0.2, -0.15) is 10.6 Å². The lowest BCUT2D eigenvalue weighted by Gasteiger charge is -2.28. The highest BCUT2D eigenvalue weighted by Gasteiger charge is 2.18. The van der Waals surface area contributed by atoms with Crippen LogP contribution in [-0.2, 0) is 4.79 Å². The van der Waals surface area contributed by atoms with Crippen molar-refractivity contribution in [3.63, 3.8) is 0 Å². The molecule has 1 amide bonds. The SMILES string of the molecule is O=C1CCS(O)(O)C[CH]N1. The minimum Gasteiger partial charge on any atom is -0.350 e. The summed E-state index contributed by atoms with van der Waals surface area (Å²) in [5.41, 5.74) is 0. The largest absolute Gasteiger partial charge is 0.350 e. The summed E-state index contributed by atoms with van der Waals surface area (Å²) >= 11 is 0. The summed E-state index contributed by atoms with van der Waals surface area (Å²) in [6.45, 7) is 1.41. The molecule has 0 aliphatic carbocycles. The Balaban J connectivity index is 2.48. The van der Waals surface area contributed by atoms with Crippen molar-refractivity contribution in [3.05, 3.63) is 6.54 Å². The van der Waals surface area contributed by atoms with E-state index in [1.165, 1.54) is 6.54 Å². The summed E-state index contributed by atoms with van der Waals surface area (Å²) in [7, 11) is -2.49. The van der Waals surface area contributed by atoms with Crippen LogP contribution < -0.4 is 5.32 Å². The molecule has 0 bridgehead atoms. The van der Waals surface area contributed by atoms with Crippen LogP contribution in [0.2, 0.25) is 0 Å². The molecule has 0 aromatic rings. The molecular formula is C5H10NO3S. The number of carbonyl (C=O) groups excluding carboxylic acids is 1. The van der Waals surface area contributed by atoms with Crippen molar-refractivity contribution >= 4 is 16.5 Å². The normalized spacial score (nSPS) is 28.4. The van der Waals surface area contributed by atoms with E-state index in [2.05, 4.69) is 5.32 Å². The molecule has 1 saturated heterocycles. The minimum absolute atomic E-state index is 0.141. The number of rotatable bonds is 0. The molecule has 0 saturated carbocycles. The van der Waals surface area contributed by atoms with Crippen molar-refractivity contribution in [3.8, 4) is 0 Å². The molecule has 0 aromatic heterocycles. The monoisotopic (exact) mass is 164 g/mol. The van der Waals surface area contributed by atoms with E-state index in [4.69, 9.17) is 9.11 Å². The summed E-state index contributed by atoms with van der Waals surface area (Å²) < 4.78 is 18.2. The molecule has 0 spiro atoms. The van der Waals surface area contributed by atoms with E-state index >= 15 is 0 Å². The highest BCUT2D eigenvalue weighted by atomic mass is 32.3. The summed E-state index contributed by atoms with van der Waals surface area (Å²) in [5, 5.41) is 2.44. The van der Waals surface area contributed by atoms with Gasteiger partial charge in [-0.15, -0.1) is 0 Å². The van der Waals surface area contributed by atoms with Gasteiger partial charge in [-0.05, 0) is 0 Å². The molecule has 0 atom stereocenters. The topological polar surface area (TPSA) is 69.6 Å². The zero-order chi connectivity index (χ0) is 7.61. The van der Waals surface area contributed by atoms with Gasteiger partial charge >= 0.3 is 0 Å². The fraction of sp³-hybridized carbons (Fsp3) is 0.600. The van der Waals surface area contributed by atoms with Crippen LogP contribution in [0.3, 0.4) is 0 Å². The number of nitrogens with one attached hydrogen (secondary N) is 1. The van der Waals surface area contributed by atoms with Gasteiger partial charge < -0.3 is 5.32 Å².